The van der Waals surface area contributed by atoms with E-state index in [1.165, 1.54) is 0 Å². The van der Waals surface area contributed by atoms with Crippen LogP contribution in [0.3, 0.4) is 0 Å². The minimum Gasteiger partial charge on any atom is -0.481 e. The monoisotopic (exact) mass is 215 g/mol. The highest BCUT2D eigenvalue weighted by molar-refractivity contribution is 5.75. The molecule has 0 aromatic carbocycles. The Kier molecular flexibility index (Phi) is 8.76. The van der Waals surface area contributed by atoms with Crippen LogP contribution in [0, 0.1) is 6.92 Å². The van der Waals surface area contributed by atoms with Crippen molar-refractivity contribution in [3.63, 3.8) is 0 Å². The molecule has 15 heavy (non-hydrogen) atoms. The fourth-order valence-electron chi connectivity index (χ4n) is 1.07. The van der Waals surface area contributed by atoms with Crippen LogP contribution in [0.15, 0.2) is 0 Å². The number of aliphatic carboxylic acids is 1. The van der Waals surface area contributed by atoms with E-state index in [1.807, 2.05) is 0 Å². The van der Waals surface area contributed by atoms with E-state index in [1.54, 1.807) is 0 Å². The number of rotatable bonds is 9. The summed E-state index contributed by atoms with van der Waals surface area (Å²) in [7, 11) is 0. The summed E-state index contributed by atoms with van der Waals surface area (Å²) in [6, 6.07) is 0. The first-order chi connectivity index (χ1) is 7.16. The zero-order chi connectivity index (χ0) is 11.5. The Morgan fingerprint density at radius 2 is 1.80 bits per heavy atom. The summed E-state index contributed by atoms with van der Waals surface area (Å²) in [4.78, 5) is 21.3. The molecule has 0 aromatic rings. The number of hydrogen-bond acceptors (Lipinski definition) is 3. The van der Waals surface area contributed by atoms with E-state index < -0.39 is 5.97 Å². The molecule has 0 rings (SSSR count). The van der Waals surface area contributed by atoms with Crippen molar-refractivity contribution < 1.29 is 14.7 Å². The fourth-order valence-corrected chi connectivity index (χ4v) is 1.07. The van der Waals surface area contributed by atoms with Gasteiger partial charge in [0.1, 0.15) is 0 Å². The molecule has 0 aliphatic carbocycles. The average Bonchev–Trinajstić information content (AvgIpc) is 2.19. The van der Waals surface area contributed by atoms with E-state index >= 15 is 0 Å². The number of hydrogen-bond donors (Lipinski definition) is 3. The highest BCUT2D eigenvalue weighted by Crippen LogP contribution is 1.99. The van der Waals surface area contributed by atoms with Crippen LogP contribution in [-0.4, -0.2) is 36.6 Å². The highest BCUT2D eigenvalue weighted by Gasteiger charge is 2.01. The largest absolute Gasteiger partial charge is 0.481 e. The molecule has 1 radical (unpaired) electrons. The van der Waals surface area contributed by atoms with Gasteiger partial charge in [-0.15, -0.1) is 0 Å². The first kappa shape index (κ1) is 13.9. The minimum atomic E-state index is -0.810. The number of carbonyl (C=O) groups excluding carboxylic acids is 1. The second-order valence-electron chi connectivity index (χ2n) is 3.20. The Labute approximate surface area is 90.2 Å². The molecule has 5 heteroatoms. The van der Waals surface area contributed by atoms with Crippen molar-refractivity contribution in [3.8, 4) is 0 Å². The van der Waals surface area contributed by atoms with Crippen molar-refractivity contribution in [2.75, 3.05) is 19.6 Å². The van der Waals surface area contributed by atoms with E-state index in [9.17, 15) is 9.59 Å². The number of carboxylic acid groups (broad SMARTS) is 1. The van der Waals surface area contributed by atoms with Gasteiger partial charge >= 0.3 is 5.97 Å². The van der Waals surface area contributed by atoms with Crippen LogP contribution in [0.25, 0.3) is 0 Å². The summed E-state index contributed by atoms with van der Waals surface area (Å²) < 4.78 is 0. The summed E-state index contributed by atoms with van der Waals surface area (Å²) >= 11 is 0. The predicted molar refractivity (Wildman–Crippen MR) is 57.3 cm³/mol. The summed E-state index contributed by atoms with van der Waals surface area (Å²) in [6.45, 7) is 5.55. The van der Waals surface area contributed by atoms with Crippen molar-refractivity contribution in [3.05, 3.63) is 6.92 Å². The molecule has 0 heterocycles. The van der Waals surface area contributed by atoms with E-state index in [0.717, 1.165) is 0 Å². The third kappa shape index (κ3) is 10.8. The van der Waals surface area contributed by atoms with E-state index in [2.05, 4.69) is 17.6 Å². The summed E-state index contributed by atoms with van der Waals surface area (Å²) in [6.07, 6.45) is 1.72. The third-order valence-corrected chi connectivity index (χ3v) is 1.85. The van der Waals surface area contributed by atoms with Crippen molar-refractivity contribution in [1.82, 2.24) is 10.6 Å². The number of carbonyl (C=O) groups is 2. The quantitative estimate of drug-likeness (QED) is 0.479. The molecule has 0 fully saturated rings. The van der Waals surface area contributed by atoms with Crippen LogP contribution in [0.1, 0.15) is 25.7 Å². The molecule has 0 aliphatic heterocycles. The van der Waals surface area contributed by atoms with Gasteiger partial charge in [0.15, 0.2) is 0 Å². The van der Waals surface area contributed by atoms with Crippen LogP contribution >= 0.6 is 0 Å². The van der Waals surface area contributed by atoms with Gasteiger partial charge in [-0.2, -0.15) is 0 Å². The minimum absolute atomic E-state index is 0.0220. The molecule has 87 valence electrons. The van der Waals surface area contributed by atoms with Gasteiger partial charge in [0.25, 0.3) is 0 Å². The number of amides is 1. The molecular formula is C10H19N2O3. The topological polar surface area (TPSA) is 78.4 Å². The van der Waals surface area contributed by atoms with Gasteiger partial charge in [0.05, 0.1) is 0 Å². The zero-order valence-corrected chi connectivity index (χ0v) is 8.92. The maximum Gasteiger partial charge on any atom is 0.303 e. The van der Waals surface area contributed by atoms with Gasteiger partial charge in [-0.1, -0.05) is 0 Å². The third-order valence-electron chi connectivity index (χ3n) is 1.85. The first-order valence-corrected chi connectivity index (χ1v) is 5.15. The summed E-state index contributed by atoms with van der Waals surface area (Å²) in [5, 5.41) is 14.1. The first-order valence-electron chi connectivity index (χ1n) is 5.15. The molecule has 0 aromatic heterocycles. The maximum atomic E-state index is 11.1. The van der Waals surface area contributed by atoms with Gasteiger partial charge in [0.2, 0.25) is 5.91 Å². The lowest BCUT2D eigenvalue weighted by Crippen LogP contribution is -2.31. The highest BCUT2D eigenvalue weighted by atomic mass is 16.4. The Hall–Kier alpha value is -1.10. The second-order valence-corrected chi connectivity index (χ2v) is 3.20. The van der Waals surface area contributed by atoms with Gasteiger partial charge in [-0.3, -0.25) is 9.59 Å². The molecule has 5 nitrogen and oxygen atoms in total. The Balaban J connectivity index is 3.22. The molecule has 0 spiro atoms. The Bertz CT molecular complexity index is 195. The van der Waals surface area contributed by atoms with Crippen LogP contribution in [0.5, 0.6) is 0 Å². The lowest BCUT2D eigenvalue weighted by Gasteiger charge is -2.04. The molecule has 0 atom stereocenters. The standard InChI is InChI=1S/C10H19N2O3/c1-2-11-7-8-12-9(13)5-3-4-6-10(14)15/h11H,1-8H2,(H,12,13)(H,14,15). The molecule has 0 aliphatic rings. The van der Waals surface area contributed by atoms with Crippen LogP contribution in [0.4, 0.5) is 0 Å². The number of carboxylic acids is 1. The second kappa shape index (κ2) is 9.45. The van der Waals surface area contributed by atoms with Crippen LogP contribution < -0.4 is 10.6 Å². The van der Waals surface area contributed by atoms with E-state index in [0.29, 0.717) is 38.9 Å². The zero-order valence-electron chi connectivity index (χ0n) is 8.92. The van der Waals surface area contributed by atoms with E-state index in [4.69, 9.17) is 5.11 Å². The van der Waals surface area contributed by atoms with Gasteiger partial charge in [-0.05, 0) is 26.3 Å². The molecule has 0 saturated heterocycles. The van der Waals surface area contributed by atoms with Crippen molar-refractivity contribution in [1.29, 1.82) is 0 Å². The summed E-state index contributed by atoms with van der Waals surface area (Å²) in [5.74, 6) is -0.832. The molecule has 0 bridgehead atoms. The molecular weight excluding hydrogens is 196 g/mol. The molecule has 0 unspecified atom stereocenters. The van der Waals surface area contributed by atoms with Crippen molar-refractivity contribution in [2.45, 2.75) is 25.7 Å². The maximum absolute atomic E-state index is 11.1. The van der Waals surface area contributed by atoms with Crippen LogP contribution in [0.2, 0.25) is 0 Å². The lowest BCUT2D eigenvalue weighted by atomic mass is 10.2. The smallest absolute Gasteiger partial charge is 0.303 e. The lowest BCUT2D eigenvalue weighted by molar-refractivity contribution is -0.137. The van der Waals surface area contributed by atoms with E-state index in [-0.39, 0.29) is 12.3 Å². The van der Waals surface area contributed by atoms with Gasteiger partial charge < -0.3 is 15.7 Å². The Morgan fingerprint density at radius 1 is 1.13 bits per heavy atom. The van der Waals surface area contributed by atoms with Crippen molar-refractivity contribution >= 4 is 11.9 Å². The van der Waals surface area contributed by atoms with Gasteiger partial charge in [0, 0.05) is 25.9 Å². The molecule has 0 saturated carbocycles. The van der Waals surface area contributed by atoms with Gasteiger partial charge in [-0.25, -0.2) is 0 Å². The fraction of sp³-hybridized carbons (Fsp3) is 0.700. The summed E-state index contributed by atoms with van der Waals surface area (Å²) in [5.41, 5.74) is 0. The number of unbranched alkanes of at least 4 members (excludes halogenated alkanes) is 1. The average molecular weight is 215 g/mol. The number of nitrogens with one attached hydrogen (secondary N) is 2. The predicted octanol–water partition coefficient (Wildman–Crippen LogP) is 0.171. The normalized spacial score (nSPS) is 9.93. The van der Waals surface area contributed by atoms with Crippen molar-refractivity contribution in [2.24, 2.45) is 0 Å². The molecule has 3 N–H and O–H groups in total. The van der Waals surface area contributed by atoms with Crippen LogP contribution in [-0.2, 0) is 9.59 Å². The molecule has 1 amide bonds. The Morgan fingerprint density at radius 3 is 2.40 bits per heavy atom. The SMILES string of the molecule is [CH2]CNCCNC(=O)CCCCC(=O)O.